The van der Waals surface area contributed by atoms with Crippen LogP contribution in [0.1, 0.15) is 38.5 Å². The van der Waals surface area contributed by atoms with Crippen molar-refractivity contribution in [3.05, 3.63) is 45.1 Å². The van der Waals surface area contributed by atoms with Crippen LogP contribution in [0.25, 0.3) is 0 Å². The first-order valence-corrected chi connectivity index (χ1v) is 9.95. The molecule has 0 bridgehead atoms. The molecule has 1 aliphatic carbocycles. The van der Waals surface area contributed by atoms with Crippen LogP contribution in [0.2, 0.25) is 0 Å². The maximum Gasteiger partial charge on any atom is 0.348 e. The number of thiocyanates is 1. The minimum atomic E-state index is -0.447. The fraction of sp³-hybridized carbons (Fsp3) is 0.316. The summed E-state index contributed by atoms with van der Waals surface area (Å²) in [4.78, 5) is 26.9. The van der Waals surface area contributed by atoms with E-state index >= 15 is 0 Å². The number of carbonyl (C=O) groups is 2. The molecule has 0 radical (unpaired) electrons. The highest BCUT2D eigenvalue weighted by Crippen LogP contribution is 2.30. The predicted octanol–water partition coefficient (Wildman–Crippen LogP) is 4.30. The van der Waals surface area contributed by atoms with Crippen molar-refractivity contribution < 1.29 is 14.3 Å². The molecule has 1 N–H and O–H groups in total. The Morgan fingerprint density at radius 1 is 1.31 bits per heavy atom. The minimum Gasteiger partial charge on any atom is -0.451 e. The normalized spacial score (nSPS) is 12.8. The summed E-state index contributed by atoms with van der Waals surface area (Å²) >= 11 is 2.54. The van der Waals surface area contributed by atoms with Crippen molar-refractivity contribution in [2.24, 2.45) is 0 Å². The van der Waals surface area contributed by atoms with Crippen molar-refractivity contribution in [2.75, 3.05) is 11.9 Å². The van der Waals surface area contributed by atoms with Crippen LogP contribution >= 0.6 is 23.1 Å². The number of thiophene rings is 1. The largest absolute Gasteiger partial charge is 0.451 e. The molecule has 26 heavy (non-hydrogen) atoms. The van der Waals surface area contributed by atoms with E-state index in [2.05, 4.69) is 5.32 Å². The molecule has 1 aliphatic rings. The lowest BCUT2D eigenvalue weighted by atomic mass is 9.99. The molecule has 1 aromatic heterocycles. The van der Waals surface area contributed by atoms with Gasteiger partial charge in [-0.3, -0.25) is 4.79 Å². The number of aryl methyl sites for hydroxylation is 3. The lowest BCUT2D eigenvalue weighted by molar-refractivity contribution is -0.119. The fourth-order valence-corrected chi connectivity index (χ4v) is 4.50. The van der Waals surface area contributed by atoms with Gasteiger partial charge < -0.3 is 10.1 Å². The summed E-state index contributed by atoms with van der Waals surface area (Å²) in [6.45, 7) is 1.52. The van der Waals surface area contributed by atoms with Crippen molar-refractivity contribution >= 4 is 40.7 Å². The number of hydrogen-bond donors (Lipinski definition) is 1. The molecule has 134 valence electrons. The van der Waals surface area contributed by atoms with Gasteiger partial charge >= 0.3 is 5.97 Å². The smallest absolute Gasteiger partial charge is 0.348 e. The summed E-state index contributed by atoms with van der Waals surface area (Å²) in [5.41, 5.74) is 2.72. The Balaban J connectivity index is 1.54. The van der Waals surface area contributed by atoms with Crippen LogP contribution in [0.5, 0.6) is 0 Å². The summed E-state index contributed by atoms with van der Waals surface area (Å²) in [5, 5.41) is 13.4. The zero-order valence-corrected chi connectivity index (χ0v) is 16.0. The number of fused-ring (bicyclic) bond motifs is 1. The Hall–Kier alpha value is -2.30. The number of nitriles is 1. The summed E-state index contributed by atoms with van der Waals surface area (Å²) < 4.78 is 5.15. The Morgan fingerprint density at radius 2 is 2.12 bits per heavy atom. The summed E-state index contributed by atoms with van der Waals surface area (Å²) in [7, 11) is 0. The molecule has 0 spiro atoms. The standard InChI is InChI=1S/C19H18N2O3S2/c1-12-8-14(25-11-20)6-7-15(12)21-18(22)10-24-19(23)17-9-13-4-2-3-5-16(13)26-17/h6-9H,2-5,10H2,1H3,(H,21,22). The van der Waals surface area contributed by atoms with Gasteiger partial charge in [0.05, 0.1) is 0 Å². The average molecular weight is 386 g/mol. The van der Waals surface area contributed by atoms with Crippen molar-refractivity contribution in [1.82, 2.24) is 0 Å². The second kappa shape index (κ2) is 8.39. The van der Waals surface area contributed by atoms with Crippen LogP contribution in [0, 0.1) is 17.6 Å². The number of nitrogens with zero attached hydrogens (tertiary/aromatic N) is 1. The third kappa shape index (κ3) is 4.45. The van der Waals surface area contributed by atoms with Crippen LogP contribution in [0.4, 0.5) is 5.69 Å². The van der Waals surface area contributed by atoms with Crippen LogP contribution in [-0.2, 0) is 22.4 Å². The number of esters is 1. The number of ether oxygens (including phenoxy) is 1. The van der Waals surface area contributed by atoms with Crippen LogP contribution in [0.3, 0.4) is 0 Å². The molecule has 0 atom stereocenters. The number of amides is 1. The molecule has 0 fully saturated rings. The van der Waals surface area contributed by atoms with E-state index < -0.39 is 5.97 Å². The van der Waals surface area contributed by atoms with E-state index in [-0.39, 0.29) is 12.5 Å². The predicted molar refractivity (Wildman–Crippen MR) is 103 cm³/mol. The Bertz CT molecular complexity index is 860. The van der Waals surface area contributed by atoms with Gasteiger partial charge in [0.1, 0.15) is 10.3 Å². The molecule has 1 aromatic carbocycles. The van der Waals surface area contributed by atoms with Crippen molar-refractivity contribution in [2.45, 2.75) is 37.5 Å². The lowest BCUT2D eigenvalue weighted by Crippen LogP contribution is -2.21. The fourth-order valence-electron chi connectivity index (χ4n) is 2.87. The monoisotopic (exact) mass is 386 g/mol. The SMILES string of the molecule is Cc1cc(SC#N)ccc1NC(=O)COC(=O)c1cc2c(s1)CCCC2. The van der Waals surface area contributed by atoms with E-state index in [1.54, 1.807) is 12.1 Å². The van der Waals surface area contributed by atoms with Gasteiger partial charge in [-0.1, -0.05) is 0 Å². The Morgan fingerprint density at radius 3 is 2.85 bits per heavy atom. The highest BCUT2D eigenvalue weighted by Gasteiger charge is 2.19. The maximum absolute atomic E-state index is 12.2. The number of thioether (sulfide) groups is 1. The van der Waals surface area contributed by atoms with Gasteiger partial charge in [-0.15, -0.1) is 11.3 Å². The van der Waals surface area contributed by atoms with E-state index in [0.717, 1.165) is 47.9 Å². The lowest BCUT2D eigenvalue weighted by Gasteiger charge is -2.09. The molecule has 7 heteroatoms. The number of anilines is 1. The first-order valence-electron chi connectivity index (χ1n) is 8.32. The second-order valence-electron chi connectivity index (χ2n) is 6.06. The molecule has 5 nitrogen and oxygen atoms in total. The van der Waals surface area contributed by atoms with Crippen molar-refractivity contribution in [3.63, 3.8) is 0 Å². The zero-order chi connectivity index (χ0) is 18.5. The van der Waals surface area contributed by atoms with Gasteiger partial charge in [-0.05, 0) is 79.8 Å². The van der Waals surface area contributed by atoms with E-state index in [0.29, 0.717) is 10.6 Å². The maximum atomic E-state index is 12.2. The van der Waals surface area contributed by atoms with E-state index in [9.17, 15) is 9.59 Å². The van der Waals surface area contributed by atoms with Gasteiger partial charge in [0.25, 0.3) is 5.91 Å². The molecule has 0 saturated heterocycles. The van der Waals surface area contributed by atoms with E-state index in [1.807, 2.05) is 24.5 Å². The first-order chi connectivity index (χ1) is 12.6. The molecule has 3 rings (SSSR count). The second-order valence-corrected chi connectivity index (χ2v) is 8.06. The van der Waals surface area contributed by atoms with E-state index in [4.69, 9.17) is 10.00 Å². The number of nitrogens with one attached hydrogen (secondary N) is 1. The van der Waals surface area contributed by atoms with E-state index in [1.165, 1.54) is 21.8 Å². The topological polar surface area (TPSA) is 79.2 Å². The molecule has 0 saturated carbocycles. The van der Waals surface area contributed by atoms with Gasteiger partial charge in [-0.2, -0.15) is 5.26 Å². The highest BCUT2D eigenvalue weighted by atomic mass is 32.2. The average Bonchev–Trinajstić information content (AvgIpc) is 3.06. The Labute approximate surface area is 160 Å². The third-order valence-electron chi connectivity index (χ3n) is 4.17. The van der Waals surface area contributed by atoms with Crippen molar-refractivity contribution in [3.8, 4) is 5.40 Å². The quantitative estimate of drug-likeness (QED) is 0.471. The van der Waals surface area contributed by atoms with Gasteiger partial charge in [0, 0.05) is 15.5 Å². The number of carbonyl (C=O) groups excluding carboxylic acids is 2. The van der Waals surface area contributed by atoms with Gasteiger partial charge in [-0.25, -0.2) is 4.79 Å². The van der Waals surface area contributed by atoms with Gasteiger partial charge in [0.2, 0.25) is 0 Å². The van der Waals surface area contributed by atoms with Crippen LogP contribution in [-0.4, -0.2) is 18.5 Å². The van der Waals surface area contributed by atoms with Crippen LogP contribution < -0.4 is 5.32 Å². The zero-order valence-electron chi connectivity index (χ0n) is 14.3. The number of benzene rings is 1. The van der Waals surface area contributed by atoms with Gasteiger partial charge in [0.15, 0.2) is 6.61 Å². The van der Waals surface area contributed by atoms with Crippen molar-refractivity contribution in [1.29, 1.82) is 5.26 Å². The van der Waals surface area contributed by atoms with Crippen LogP contribution in [0.15, 0.2) is 29.2 Å². The highest BCUT2D eigenvalue weighted by molar-refractivity contribution is 8.03. The number of rotatable bonds is 5. The third-order valence-corrected chi connectivity index (χ3v) is 5.97. The molecule has 1 amide bonds. The Kier molecular flexibility index (Phi) is 5.96. The molecule has 2 aromatic rings. The summed E-state index contributed by atoms with van der Waals surface area (Å²) in [5.74, 6) is -0.833. The molecule has 1 heterocycles. The summed E-state index contributed by atoms with van der Waals surface area (Å²) in [6, 6.07) is 7.22. The summed E-state index contributed by atoms with van der Waals surface area (Å²) in [6.07, 6.45) is 4.35. The minimum absolute atomic E-state index is 0.324. The molecular weight excluding hydrogens is 368 g/mol. The molecular formula is C19H18N2O3S2. The molecule has 0 aliphatic heterocycles. The molecule has 0 unspecified atom stereocenters. The number of hydrogen-bond acceptors (Lipinski definition) is 6. The first kappa shape index (κ1) is 18.5.